The quantitative estimate of drug-likeness (QED) is 0.723. The fraction of sp³-hybridized carbons (Fsp3) is 0.533. The third-order valence-corrected chi connectivity index (χ3v) is 3.87. The van der Waals surface area contributed by atoms with Crippen molar-refractivity contribution in [3.05, 3.63) is 23.8 Å². The molecule has 5 nitrogen and oxygen atoms in total. The van der Waals surface area contributed by atoms with Crippen LogP contribution in [0, 0.1) is 5.92 Å². The second-order valence-corrected chi connectivity index (χ2v) is 5.37. The molecule has 110 valence electrons. The van der Waals surface area contributed by atoms with Gasteiger partial charge in [-0.25, -0.2) is 0 Å². The number of nitrogens with zero attached hydrogens (tertiary/aromatic N) is 1. The lowest BCUT2D eigenvalue weighted by molar-refractivity contribution is 0.0956. The Balaban J connectivity index is 2.13. The van der Waals surface area contributed by atoms with E-state index in [0.717, 1.165) is 25.2 Å². The lowest BCUT2D eigenvalue weighted by Gasteiger charge is -2.21. The monoisotopic (exact) mass is 277 g/mol. The van der Waals surface area contributed by atoms with Gasteiger partial charge in [-0.15, -0.1) is 0 Å². The van der Waals surface area contributed by atoms with Gasteiger partial charge >= 0.3 is 0 Å². The maximum Gasteiger partial charge on any atom is 0.251 e. The number of rotatable bonds is 4. The van der Waals surface area contributed by atoms with E-state index in [0.29, 0.717) is 17.8 Å². The summed E-state index contributed by atoms with van der Waals surface area (Å²) in [7, 11) is 0. The van der Waals surface area contributed by atoms with Crippen LogP contribution in [0.25, 0.3) is 0 Å². The number of aliphatic hydroxyl groups excluding tert-OH is 1. The van der Waals surface area contributed by atoms with Crippen LogP contribution in [0.2, 0.25) is 0 Å². The van der Waals surface area contributed by atoms with Crippen LogP contribution in [-0.4, -0.2) is 36.8 Å². The van der Waals surface area contributed by atoms with Crippen molar-refractivity contribution in [3.63, 3.8) is 0 Å². The van der Waals surface area contributed by atoms with Crippen LogP contribution in [0.4, 0.5) is 11.4 Å². The molecule has 0 radical (unpaired) electrons. The minimum atomic E-state index is -0.296. The number of hydrogen-bond acceptors (Lipinski definition) is 4. The Morgan fingerprint density at radius 1 is 1.60 bits per heavy atom. The third-order valence-electron chi connectivity index (χ3n) is 3.87. The van der Waals surface area contributed by atoms with Gasteiger partial charge in [0.25, 0.3) is 5.91 Å². The molecule has 1 aliphatic heterocycles. The van der Waals surface area contributed by atoms with Crippen molar-refractivity contribution in [2.45, 2.75) is 26.4 Å². The van der Waals surface area contributed by atoms with E-state index >= 15 is 0 Å². The second-order valence-electron chi connectivity index (χ2n) is 5.37. The van der Waals surface area contributed by atoms with E-state index in [1.54, 1.807) is 12.1 Å². The number of carbonyl (C=O) groups is 1. The zero-order chi connectivity index (χ0) is 14.7. The number of aliphatic hydroxyl groups is 1. The van der Waals surface area contributed by atoms with Crippen LogP contribution >= 0.6 is 0 Å². The average molecular weight is 277 g/mol. The van der Waals surface area contributed by atoms with Gasteiger partial charge in [-0.05, 0) is 38.5 Å². The van der Waals surface area contributed by atoms with Gasteiger partial charge in [0.1, 0.15) is 0 Å². The molecule has 1 heterocycles. The first-order valence-corrected chi connectivity index (χ1v) is 7.13. The van der Waals surface area contributed by atoms with E-state index < -0.39 is 0 Å². The summed E-state index contributed by atoms with van der Waals surface area (Å²) < 4.78 is 0. The Bertz CT molecular complexity index is 488. The van der Waals surface area contributed by atoms with Crippen molar-refractivity contribution in [1.82, 2.24) is 5.32 Å². The summed E-state index contributed by atoms with van der Waals surface area (Å²) in [6.45, 7) is 6.01. The van der Waals surface area contributed by atoms with Gasteiger partial charge in [-0.3, -0.25) is 4.79 Å². The Morgan fingerprint density at radius 2 is 2.35 bits per heavy atom. The highest BCUT2D eigenvalue weighted by Crippen LogP contribution is 2.30. The lowest BCUT2D eigenvalue weighted by atomic mass is 10.0. The summed E-state index contributed by atoms with van der Waals surface area (Å²) in [5.74, 6) is 0.187. The third kappa shape index (κ3) is 3.04. The zero-order valence-electron chi connectivity index (χ0n) is 12.1. The number of anilines is 2. The van der Waals surface area contributed by atoms with Gasteiger partial charge < -0.3 is 21.1 Å². The summed E-state index contributed by atoms with van der Waals surface area (Å²) in [6, 6.07) is 5.41. The molecule has 0 aliphatic carbocycles. The summed E-state index contributed by atoms with van der Waals surface area (Å²) in [5.41, 5.74) is 8.21. The molecule has 0 saturated carbocycles. The van der Waals surface area contributed by atoms with Crippen LogP contribution in [0.15, 0.2) is 18.2 Å². The predicted molar refractivity (Wildman–Crippen MR) is 80.9 cm³/mol. The van der Waals surface area contributed by atoms with Crippen LogP contribution in [-0.2, 0) is 0 Å². The van der Waals surface area contributed by atoms with Crippen molar-refractivity contribution < 1.29 is 9.90 Å². The number of carbonyl (C=O) groups excluding carboxylic acids is 1. The van der Waals surface area contributed by atoms with Crippen LogP contribution in [0.5, 0.6) is 0 Å². The molecule has 1 fully saturated rings. The van der Waals surface area contributed by atoms with E-state index in [1.807, 2.05) is 19.9 Å². The molecule has 2 atom stereocenters. The molecule has 0 aromatic heterocycles. The molecular formula is C15H23N3O2. The number of nitrogens with two attached hydrogens (primary N) is 1. The van der Waals surface area contributed by atoms with Crippen LogP contribution in [0.1, 0.15) is 30.6 Å². The Kier molecular flexibility index (Phi) is 4.49. The van der Waals surface area contributed by atoms with Gasteiger partial charge in [-0.2, -0.15) is 0 Å². The van der Waals surface area contributed by atoms with E-state index in [-0.39, 0.29) is 17.9 Å². The average Bonchev–Trinajstić information content (AvgIpc) is 2.88. The number of amides is 1. The molecule has 2 rings (SSSR count). The Labute approximate surface area is 119 Å². The second kappa shape index (κ2) is 6.13. The van der Waals surface area contributed by atoms with Gasteiger partial charge in [0, 0.05) is 31.1 Å². The molecule has 1 amide bonds. The highest BCUT2D eigenvalue weighted by Gasteiger charge is 2.27. The number of benzene rings is 1. The molecule has 0 bridgehead atoms. The first-order chi connectivity index (χ1) is 9.52. The molecule has 0 spiro atoms. The number of hydrogen-bond donors (Lipinski definition) is 3. The van der Waals surface area contributed by atoms with Crippen molar-refractivity contribution >= 4 is 17.3 Å². The van der Waals surface area contributed by atoms with Gasteiger partial charge in [-0.1, -0.05) is 0 Å². The lowest BCUT2D eigenvalue weighted by Crippen LogP contribution is -2.25. The van der Waals surface area contributed by atoms with E-state index in [1.165, 1.54) is 0 Å². The Morgan fingerprint density at radius 3 is 2.90 bits per heavy atom. The topological polar surface area (TPSA) is 78.6 Å². The molecule has 20 heavy (non-hydrogen) atoms. The first kappa shape index (κ1) is 14.7. The van der Waals surface area contributed by atoms with Gasteiger partial charge in [0.05, 0.1) is 17.5 Å². The standard InChI is InChI=1S/C15H23N3O2/c1-3-17-15(20)11-4-5-14(13(16)8-11)18-7-6-12(9-18)10(2)19/h4-5,8,10,12,19H,3,6-7,9,16H2,1-2H3,(H,17,20). The Hall–Kier alpha value is -1.75. The molecule has 1 aliphatic rings. The maximum absolute atomic E-state index is 11.8. The highest BCUT2D eigenvalue weighted by molar-refractivity contribution is 5.96. The molecule has 1 aromatic carbocycles. The van der Waals surface area contributed by atoms with E-state index in [9.17, 15) is 9.90 Å². The van der Waals surface area contributed by atoms with Crippen molar-refractivity contribution in [3.8, 4) is 0 Å². The van der Waals surface area contributed by atoms with E-state index in [2.05, 4.69) is 10.2 Å². The van der Waals surface area contributed by atoms with Gasteiger partial charge in [0.15, 0.2) is 0 Å². The van der Waals surface area contributed by atoms with Gasteiger partial charge in [0.2, 0.25) is 0 Å². The zero-order valence-corrected chi connectivity index (χ0v) is 12.1. The minimum Gasteiger partial charge on any atom is -0.397 e. The predicted octanol–water partition coefficient (Wildman–Crippen LogP) is 1.23. The summed E-state index contributed by atoms with van der Waals surface area (Å²) >= 11 is 0. The largest absolute Gasteiger partial charge is 0.397 e. The molecule has 4 N–H and O–H groups in total. The SMILES string of the molecule is CCNC(=O)c1ccc(N2CCC(C(C)O)C2)c(N)c1. The van der Waals surface area contributed by atoms with Crippen molar-refractivity contribution in [2.24, 2.45) is 5.92 Å². The number of nitrogens with one attached hydrogen (secondary N) is 1. The molecular weight excluding hydrogens is 254 g/mol. The summed E-state index contributed by atoms with van der Waals surface area (Å²) in [4.78, 5) is 13.9. The van der Waals surface area contributed by atoms with Crippen molar-refractivity contribution in [2.75, 3.05) is 30.3 Å². The normalized spacial score (nSPS) is 19.9. The summed E-state index contributed by atoms with van der Waals surface area (Å²) in [6.07, 6.45) is 0.672. The highest BCUT2D eigenvalue weighted by atomic mass is 16.3. The molecule has 1 saturated heterocycles. The van der Waals surface area contributed by atoms with Crippen LogP contribution in [0.3, 0.4) is 0 Å². The van der Waals surface area contributed by atoms with E-state index in [4.69, 9.17) is 5.73 Å². The minimum absolute atomic E-state index is 0.103. The summed E-state index contributed by atoms with van der Waals surface area (Å²) in [5, 5.41) is 12.4. The fourth-order valence-corrected chi connectivity index (χ4v) is 2.65. The van der Waals surface area contributed by atoms with Crippen molar-refractivity contribution in [1.29, 1.82) is 0 Å². The molecule has 1 aromatic rings. The maximum atomic E-state index is 11.8. The molecule has 2 unspecified atom stereocenters. The smallest absolute Gasteiger partial charge is 0.251 e. The molecule has 5 heteroatoms. The fourth-order valence-electron chi connectivity index (χ4n) is 2.65. The first-order valence-electron chi connectivity index (χ1n) is 7.13. The number of nitrogen functional groups attached to an aromatic ring is 1. The van der Waals surface area contributed by atoms with Crippen LogP contribution < -0.4 is 16.0 Å².